The van der Waals surface area contributed by atoms with E-state index in [1.807, 2.05) is 66.7 Å². The highest BCUT2D eigenvalue weighted by Gasteiger charge is 2.41. The normalized spacial score (nSPS) is 17.0. The third kappa shape index (κ3) is 4.34. The minimum atomic E-state index is -0.406. The molecule has 1 saturated heterocycles. The molecule has 1 fully saturated rings. The standard InChI is InChI=1S/C29H27N3O4.ClH/c1-35-20-8-6-7-19(17-20)27-26(23-11-4-5-12-24(23)30-27)28-21-9-2-3-10-22(21)29(34)32(28)18-25(33)31-13-15-36-16-14-31;/h2-12,17,28,30H,13-16,18H2,1H3;1H. The van der Waals surface area contributed by atoms with Gasteiger partial charge in [-0.15, -0.1) is 12.4 Å². The minimum Gasteiger partial charge on any atom is -0.497 e. The molecule has 2 aliphatic rings. The number of carbonyl (C=O) groups excluding carboxylic acids is 2. The van der Waals surface area contributed by atoms with Crippen LogP contribution in [0.25, 0.3) is 22.2 Å². The topological polar surface area (TPSA) is 74.9 Å². The Hall–Kier alpha value is -3.81. The van der Waals surface area contributed by atoms with Gasteiger partial charge in [0, 0.05) is 40.7 Å². The van der Waals surface area contributed by atoms with E-state index in [9.17, 15) is 9.59 Å². The Labute approximate surface area is 221 Å². The van der Waals surface area contributed by atoms with Crippen molar-refractivity contribution in [2.75, 3.05) is 40.0 Å². The van der Waals surface area contributed by atoms with Gasteiger partial charge in [-0.1, -0.05) is 48.5 Å². The second-order valence-electron chi connectivity index (χ2n) is 9.11. The monoisotopic (exact) mass is 517 g/mol. The number of nitrogens with zero attached hydrogens (tertiary/aromatic N) is 2. The zero-order chi connectivity index (χ0) is 24.6. The molecule has 3 aromatic carbocycles. The Morgan fingerprint density at radius 2 is 1.78 bits per heavy atom. The molecule has 2 amide bonds. The molecule has 37 heavy (non-hydrogen) atoms. The molecule has 0 saturated carbocycles. The zero-order valence-corrected chi connectivity index (χ0v) is 21.3. The summed E-state index contributed by atoms with van der Waals surface area (Å²) >= 11 is 0. The van der Waals surface area contributed by atoms with Crippen molar-refractivity contribution in [2.24, 2.45) is 0 Å². The summed E-state index contributed by atoms with van der Waals surface area (Å²) in [7, 11) is 1.65. The molecule has 1 unspecified atom stereocenters. The van der Waals surface area contributed by atoms with Gasteiger partial charge in [0.05, 0.1) is 32.1 Å². The average molecular weight is 518 g/mol. The number of H-pyrrole nitrogens is 1. The number of hydrogen-bond donors (Lipinski definition) is 1. The molecule has 7 nitrogen and oxygen atoms in total. The van der Waals surface area contributed by atoms with Gasteiger partial charge in [-0.25, -0.2) is 0 Å². The molecule has 3 heterocycles. The second-order valence-corrected chi connectivity index (χ2v) is 9.11. The predicted octanol–water partition coefficient (Wildman–Crippen LogP) is 4.67. The predicted molar refractivity (Wildman–Crippen MR) is 144 cm³/mol. The van der Waals surface area contributed by atoms with E-state index in [0.29, 0.717) is 31.9 Å². The van der Waals surface area contributed by atoms with Crippen molar-refractivity contribution in [2.45, 2.75) is 6.04 Å². The van der Waals surface area contributed by atoms with Gasteiger partial charge in [-0.05, 0) is 29.8 Å². The fourth-order valence-electron chi connectivity index (χ4n) is 5.36. The number of rotatable bonds is 5. The van der Waals surface area contributed by atoms with E-state index in [0.717, 1.165) is 39.0 Å². The first-order valence-corrected chi connectivity index (χ1v) is 12.2. The number of benzene rings is 3. The van der Waals surface area contributed by atoms with Crippen LogP contribution >= 0.6 is 12.4 Å². The number of methoxy groups -OCH3 is 1. The van der Waals surface area contributed by atoms with E-state index in [1.165, 1.54) is 0 Å². The highest BCUT2D eigenvalue weighted by molar-refractivity contribution is 6.03. The second kappa shape index (κ2) is 10.3. The largest absolute Gasteiger partial charge is 0.497 e. The number of para-hydroxylation sites is 1. The third-order valence-electron chi connectivity index (χ3n) is 7.11. The van der Waals surface area contributed by atoms with Crippen molar-refractivity contribution in [3.05, 3.63) is 89.5 Å². The van der Waals surface area contributed by atoms with Crippen LogP contribution in [0.1, 0.15) is 27.5 Å². The van der Waals surface area contributed by atoms with E-state index in [2.05, 4.69) is 11.1 Å². The fourth-order valence-corrected chi connectivity index (χ4v) is 5.36. The molecule has 0 radical (unpaired) electrons. The lowest BCUT2D eigenvalue weighted by Gasteiger charge is -2.31. The molecule has 6 rings (SSSR count). The third-order valence-corrected chi connectivity index (χ3v) is 7.11. The Morgan fingerprint density at radius 1 is 1.03 bits per heavy atom. The summed E-state index contributed by atoms with van der Waals surface area (Å²) in [6.07, 6.45) is 0. The summed E-state index contributed by atoms with van der Waals surface area (Å²) in [5.41, 5.74) is 5.36. The van der Waals surface area contributed by atoms with Gasteiger partial charge in [0.2, 0.25) is 5.91 Å². The molecule has 4 aromatic rings. The summed E-state index contributed by atoms with van der Waals surface area (Å²) in [5, 5.41) is 1.02. The molecule has 190 valence electrons. The lowest BCUT2D eigenvalue weighted by molar-refractivity contribution is -0.136. The number of hydrogen-bond acceptors (Lipinski definition) is 4. The number of carbonyl (C=O) groups is 2. The van der Waals surface area contributed by atoms with E-state index >= 15 is 0 Å². The van der Waals surface area contributed by atoms with Crippen molar-refractivity contribution in [1.29, 1.82) is 0 Å². The molecule has 0 aliphatic carbocycles. The van der Waals surface area contributed by atoms with E-state index in [4.69, 9.17) is 9.47 Å². The summed E-state index contributed by atoms with van der Waals surface area (Å²) in [5.74, 6) is 0.561. The van der Waals surface area contributed by atoms with E-state index in [-0.39, 0.29) is 30.8 Å². The molecule has 1 N–H and O–H groups in total. The maximum Gasteiger partial charge on any atom is 0.255 e. The van der Waals surface area contributed by atoms with Gasteiger partial charge >= 0.3 is 0 Å². The number of ether oxygens (including phenoxy) is 2. The Bertz CT molecular complexity index is 1460. The van der Waals surface area contributed by atoms with Gasteiger partial charge in [-0.2, -0.15) is 0 Å². The lowest BCUT2D eigenvalue weighted by Crippen LogP contribution is -2.46. The van der Waals surface area contributed by atoms with Crippen molar-refractivity contribution < 1.29 is 19.1 Å². The van der Waals surface area contributed by atoms with Crippen LogP contribution in [0.15, 0.2) is 72.8 Å². The molecule has 1 atom stereocenters. The SMILES string of the molecule is COc1cccc(-c2[nH]c3ccccc3c2C2c3ccccc3C(=O)N2CC(=O)N2CCOCC2)c1.Cl. The molecule has 2 aliphatic heterocycles. The quantitative estimate of drug-likeness (QED) is 0.417. The van der Waals surface area contributed by atoms with Crippen LogP contribution in [0.2, 0.25) is 0 Å². The Morgan fingerprint density at radius 3 is 2.59 bits per heavy atom. The zero-order valence-electron chi connectivity index (χ0n) is 20.5. The minimum absolute atomic E-state index is 0. The fraction of sp³-hybridized carbons (Fsp3) is 0.241. The number of halogens is 1. The maximum atomic E-state index is 13.7. The van der Waals surface area contributed by atoms with Crippen molar-refractivity contribution in [3.63, 3.8) is 0 Å². The summed E-state index contributed by atoms with van der Waals surface area (Å²) in [6, 6.07) is 23.2. The number of nitrogens with one attached hydrogen (secondary N) is 1. The Kier molecular flexibility index (Phi) is 6.91. The number of aromatic amines is 1. The van der Waals surface area contributed by atoms with Crippen LogP contribution in [0, 0.1) is 0 Å². The van der Waals surface area contributed by atoms with Gasteiger partial charge in [0.1, 0.15) is 12.3 Å². The van der Waals surface area contributed by atoms with Crippen molar-refractivity contribution in [1.82, 2.24) is 14.8 Å². The molecular weight excluding hydrogens is 490 g/mol. The van der Waals surface area contributed by atoms with Crippen molar-refractivity contribution in [3.8, 4) is 17.0 Å². The van der Waals surface area contributed by atoms with Crippen molar-refractivity contribution >= 4 is 35.1 Å². The first-order chi connectivity index (χ1) is 17.7. The van der Waals surface area contributed by atoms with Crippen LogP contribution in [0.5, 0.6) is 5.75 Å². The Balaban J connectivity index is 0.00000280. The van der Waals surface area contributed by atoms with Gasteiger partial charge in [-0.3, -0.25) is 9.59 Å². The number of aromatic nitrogens is 1. The molecule has 1 aromatic heterocycles. The number of fused-ring (bicyclic) bond motifs is 2. The maximum absolute atomic E-state index is 13.7. The molecule has 0 spiro atoms. The van der Waals surface area contributed by atoms with Crippen LogP contribution < -0.4 is 4.74 Å². The van der Waals surface area contributed by atoms with Gasteiger partial charge < -0.3 is 24.3 Å². The highest BCUT2D eigenvalue weighted by atomic mass is 35.5. The van der Waals surface area contributed by atoms with Crippen LogP contribution in [-0.4, -0.2) is 66.6 Å². The van der Waals surface area contributed by atoms with Crippen LogP contribution in [-0.2, 0) is 9.53 Å². The summed E-state index contributed by atoms with van der Waals surface area (Å²) in [4.78, 5) is 34.1. The average Bonchev–Trinajstić information content (AvgIpc) is 3.44. The molecular formula is C29H28ClN3O4. The van der Waals surface area contributed by atoms with Crippen LogP contribution in [0.3, 0.4) is 0 Å². The smallest absolute Gasteiger partial charge is 0.255 e. The summed E-state index contributed by atoms with van der Waals surface area (Å²) in [6.45, 7) is 2.13. The highest BCUT2D eigenvalue weighted by Crippen LogP contribution is 2.45. The first-order valence-electron chi connectivity index (χ1n) is 12.2. The van der Waals surface area contributed by atoms with E-state index < -0.39 is 6.04 Å². The summed E-state index contributed by atoms with van der Waals surface area (Å²) < 4.78 is 10.9. The molecule has 0 bridgehead atoms. The number of morpholine rings is 1. The molecule has 8 heteroatoms. The number of amides is 2. The van der Waals surface area contributed by atoms with Gasteiger partial charge in [0.25, 0.3) is 5.91 Å². The van der Waals surface area contributed by atoms with Gasteiger partial charge in [0.15, 0.2) is 0 Å². The van der Waals surface area contributed by atoms with Crippen LogP contribution in [0.4, 0.5) is 0 Å². The van der Waals surface area contributed by atoms with E-state index in [1.54, 1.807) is 16.9 Å². The lowest BCUT2D eigenvalue weighted by atomic mass is 9.93. The first kappa shape index (κ1) is 24.9.